The van der Waals surface area contributed by atoms with Crippen molar-refractivity contribution in [1.29, 1.82) is 0 Å². The molecule has 0 aliphatic rings. The van der Waals surface area contributed by atoms with Crippen LogP contribution in [0.3, 0.4) is 0 Å². The smallest absolute Gasteiger partial charge is 0.129 e. The fraction of sp³-hybridized carbons (Fsp3) is 0.500. The van der Waals surface area contributed by atoms with Crippen LogP contribution in [0.25, 0.3) is 0 Å². The summed E-state index contributed by atoms with van der Waals surface area (Å²) in [6.07, 6.45) is 2.51. The number of methoxy groups -OCH3 is 1. The molecule has 0 spiro atoms. The van der Waals surface area contributed by atoms with Crippen LogP contribution in [-0.2, 0) is 16.1 Å². The highest BCUT2D eigenvalue weighted by atomic mass is 16.5. The van der Waals surface area contributed by atoms with Gasteiger partial charge in [0.25, 0.3) is 0 Å². The molecule has 0 fully saturated rings. The van der Waals surface area contributed by atoms with Gasteiger partial charge in [-0.3, -0.25) is 0 Å². The minimum absolute atomic E-state index is 0.250. The Morgan fingerprint density at radius 2 is 1.88 bits per heavy atom. The molecule has 0 saturated heterocycles. The summed E-state index contributed by atoms with van der Waals surface area (Å²) in [5.41, 5.74) is 1.14. The van der Waals surface area contributed by atoms with E-state index in [1.807, 2.05) is 24.3 Å². The van der Waals surface area contributed by atoms with Crippen molar-refractivity contribution in [3.63, 3.8) is 0 Å². The average molecular weight is 236 g/mol. The van der Waals surface area contributed by atoms with Crippen LogP contribution >= 0.6 is 0 Å². The van der Waals surface area contributed by atoms with E-state index in [4.69, 9.17) is 9.47 Å². The van der Waals surface area contributed by atoms with Crippen LogP contribution < -0.4 is 4.74 Å². The van der Waals surface area contributed by atoms with Gasteiger partial charge in [-0.1, -0.05) is 12.1 Å². The summed E-state index contributed by atoms with van der Waals surface area (Å²) in [6, 6.07) is 7.84. The lowest BCUT2D eigenvalue weighted by atomic mass is 10.2. The topological polar surface area (TPSA) is 35.5 Å². The van der Waals surface area contributed by atoms with Crippen LogP contribution in [0.15, 0.2) is 24.3 Å². The fourth-order valence-electron chi connectivity index (χ4n) is 1.49. The maximum absolute atomic E-state index is 10.7. The van der Waals surface area contributed by atoms with E-state index in [1.165, 1.54) is 0 Å². The lowest BCUT2D eigenvalue weighted by molar-refractivity contribution is -0.117. The highest BCUT2D eigenvalue weighted by Gasteiger charge is 1.96. The zero-order valence-corrected chi connectivity index (χ0v) is 10.6. The van der Waals surface area contributed by atoms with E-state index in [-0.39, 0.29) is 5.78 Å². The molecule has 0 atom stereocenters. The number of rotatable bonds is 8. The van der Waals surface area contributed by atoms with Gasteiger partial charge in [-0.2, -0.15) is 0 Å². The number of unbranched alkanes of at least 4 members (excludes halogenated alkanes) is 1. The summed E-state index contributed by atoms with van der Waals surface area (Å²) >= 11 is 0. The molecule has 0 amide bonds. The maximum Gasteiger partial charge on any atom is 0.129 e. The van der Waals surface area contributed by atoms with Gasteiger partial charge in [0.15, 0.2) is 0 Å². The van der Waals surface area contributed by atoms with Crippen molar-refractivity contribution >= 4 is 5.78 Å². The number of carbonyl (C=O) groups is 1. The Bertz CT molecular complexity index is 330. The molecule has 0 bridgehead atoms. The van der Waals surface area contributed by atoms with E-state index in [0.717, 1.165) is 24.2 Å². The number of Topliss-reactive ketones (excluding diaryl/α,β-unsaturated/α-hetero) is 1. The molecular weight excluding hydrogens is 216 g/mol. The normalized spacial score (nSPS) is 10.2. The van der Waals surface area contributed by atoms with Gasteiger partial charge in [-0.05, 0) is 37.5 Å². The van der Waals surface area contributed by atoms with Gasteiger partial charge in [-0.15, -0.1) is 0 Å². The number of ketones is 1. The van der Waals surface area contributed by atoms with Crippen LogP contribution in [0.2, 0.25) is 0 Å². The third-order valence-corrected chi connectivity index (χ3v) is 2.50. The van der Waals surface area contributed by atoms with Crippen molar-refractivity contribution in [2.24, 2.45) is 0 Å². The van der Waals surface area contributed by atoms with E-state index < -0.39 is 0 Å². The molecule has 3 nitrogen and oxygen atoms in total. The number of carbonyl (C=O) groups excluding carboxylic acids is 1. The van der Waals surface area contributed by atoms with Crippen LogP contribution in [0.5, 0.6) is 5.75 Å². The Kier molecular flexibility index (Phi) is 6.33. The summed E-state index contributed by atoms with van der Waals surface area (Å²) < 4.78 is 10.6. The van der Waals surface area contributed by atoms with E-state index >= 15 is 0 Å². The Morgan fingerprint density at radius 1 is 1.18 bits per heavy atom. The summed E-state index contributed by atoms with van der Waals surface area (Å²) in [5.74, 6) is 1.11. The summed E-state index contributed by atoms with van der Waals surface area (Å²) in [7, 11) is 1.65. The zero-order valence-electron chi connectivity index (χ0n) is 10.6. The van der Waals surface area contributed by atoms with E-state index in [9.17, 15) is 4.79 Å². The molecule has 3 heteroatoms. The molecule has 0 aliphatic heterocycles. The molecule has 1 aromatic rings. The van der Waals surface area contributed by atoms with E-state index in [2.05, 4.69) is 0 Å². The van der Waals surface area contributed by atoms with Crippen LogP contribution in [0.4, 0.5) is 0 Å². The zero-order chi connectivity index (χ0) is 12.5. The largest absolute Gasteiger partial charge is 0.497 e. The number of benzene rings is 1. The van der Waals surface area contributed by atoms with Crippen molar-refractivity contribution in [3.05, 3.63) is 29.8 Å². The first kappa shape index (κ1) is 13.7. The van der Waals surface area contributed by atoms with Crippen LogP contribution in [0, 0.1) is 0 Å². The van der Waals surface area contributed by atoms with Crippen molar-refractivity contribution in [3.8, 4) is 5.75 Å². The second-order valence-electron chi connectivity index (χ2n) is 4.06. The summed E-state index contributed by atoms with van der Waals surface area (Å²) in [5, 5.41) is 0. The first-order chi connectivity index (χ1) is 8.22. The Labute approximate surface area is 103 Å². The van der Waals surface area contributed by atoms with Gasteiger partial charge in [0.2, 0.25) is 0 Å². The number of ether oxygens (including phenoxy) is 2. The van der Waals surface area contributed by atoms with Gasteiger partial charge < -0.3 is 14.3 Å². The van der Waals surface area contributed by atoms with E-state index in [0.29, 0.717) is 19.6 Å². The molecular formula is C14H20O3. The predicted molar refractivity (Wildman–Crippen MR) is 67.2 cm³/mol. The van der Waals surface area contributed by atoms with Gasteiger partial charge >= 0.3 is 0 Å². The Balaban J connectivity index is 2.11. The van der Waals surface area contributed by atoms with E-state index in [1.54, 1.807) is 14.0 Å². The van der Waals surface area contributed by atoms with Gasteiger partial charge in [-0.25, -0.2) is 0 Å². The van der Waals surface area contributed by atoms with Gasteiger partial charge in [0.05, 0.1) is 13.7 Å². The molecule has 0 unspecified atom stereocenters. The standard InChI is InChI=1S/C14H20O3/c1-12(15)5-3-4-10-17-11-13-6-8-14(16-2)9-7-13/h6-9H,3-5,10-11H2,1-2H3. The SMILES string of the molecule is COc1ccc(COCCCCC(C)=O)cc1. The molecule has 0 N–H and O–H groups in total. The Morgan fingerprint density at radius 3 is 2.47 bits per heavy atom. The summed E-state index contributed by atoms with van der Waals surface area (Å²) in [6.45, 7) is 2.95. The average Bonchev–Trinajstić information content (AvgIpc) is 2.34. The predicted octanol–water partition coefficient (Wildman–Crippen LogP) is 2.97. The minimum Gasteiger partial charge on any atom is -0.497 e. The highest BCUT2D eigenvalue weighted by Crippen LogP contribution is 2.12. The molecule has 0 aliphatic carbocycles. The maximum atomic E-state index is 10.7. The highest BCUT2D eigenvalue weighted by molar-refractivity contribution is 5.75. The molecule has 0 heterocycles. The third kappa shape index (κ3) is 6.07. The fourth-order valence-corrected chi connectivity index (χ4v) is 1.49. The molecule has 1 rings (SSSR count). The summed E-state index contributed by atoms with van der Waals surface area (Å²) in [4.78, 5) is 10.7. The second kappa shape index (κ2) is 7.85. The molecule has 0 radical (unpaired) electrons. The Hall–Kier alpha value is -1.35. The number of hydrogen-bond acceptors (Lipinski definition) is 3. The van der Waals surface area contributed by atoms with Gasteiger partial charge in [0, 0.05) is 13.0 Å². The van der Waals surface area contributed by atoms with Crippen molar-refractivity contribution in [1.82, 2.24) is 0 Å². The lowest BCUT2D eigenvalue weighted by Crippen LogP contribution is -1.97. The van der Waals surface area contributed by atoms with Gasteiger partial charge in [0.1, 0.15) is 11.5 Å². The molecule has 94 valence electrons. The quantitative estimate of drug-likeness (QED) is 0.651. The molecule has 0 aromatic heterocycles. The first-order valence-corrected chi connectivity index (χ1v) is 5.92. The minimum atomic E-state index is 0.250. The monoisotopic (exact) mass is 236 g/mol. The third-order valence-electron chi connectivity index (χ3n) is 2.50. The molecule has 1 aromatic carbocycles. The van der Waals surface area contributed by atoms with Crippen LogP contribution in [0.1, 0.15) is 31.7 Å². The van der Waals surface area contributed by atoms with Crippen molar-refractivity contribution in [2.45, 2.75) is 32.8 Å². The second-order valence-corrected chi connectivity index (χ2v) is 4.06. The molecule has 17 heavy (non-hydrogen) atoms. The number of hydrogen-bond donors (Lipinski definition) is 0. The lowest BCUT2D eigenvalue weighted by Gasteiger charge is -2.05. The van der Waals surface area contributed by atoms with Crippen molar-refractivity contribution in [2.75, 3.05) is 13.7 Å². The molecule has 0 saturated carbocycles. The van der Waals surface area contributed by atoms with Crippen LogP contribution in [-0.4, -0.2) is 19.5 Å². The van der Waals surface area contributed by atoms with Crippen molar-refractivity contribution < 1.29 is 14.3 Å². The first-order valence-electron chi connectivity index (χ1n) is 5.92.